The molecule has 0 aliphatic rings. The van der Waals surface area contributed by atoms with Crippen molar-refractivity contribution in [3.05, 3.63) is 41.2 Å². The Morgan fingerprint density at radius 1 is 1.13 bits per heavy atom. The van der Waals surface area contributed by atoms with Crippen LogP contribution in [0, 0.1) is 0 Å². The lowest BCUT2D eigenvalue weighted by molar-refractivity contribution is 0.591. The molecule has 0 N–H and O–H groups in total. The highest BCUT2D eigenvalue weighted by atomic mass is 35.5. The molecule has 0 unspecified atom stereocenters. The number of halogens is 1. The third kappa shape index (κ3) is 1.98. The van der Waals surface area contributed by atoms with Gasteiger partial charge in [-0.05, 0) is 17.0 Å². The van der Waals surface area contributed by atoms with E-state index in [-0.39, 0.29) is 5.41 Å². The highest BCUT2D eigenvalue weighted by molar-refractivity contribution is 6.35. The van der Waals surface area contributed by atoms with Crippen molar-refractivity contribution in [3.8, 4) is 0 Å². The van der Waals surface area contributed by atoms with Crippen molar-refractivity contribution in [2.45, 2.75) is 26.2 Å². The monoisotopic (exact) mass is 219 g/mol. The minimum absolute atomic E-state index is 0.154. The van der Waals surface area contributed by atoms with E-state index >= 15 is 0 Å². The molecule has 1 aromatic carbocycles. The maximum atomic E-state index is 6.12. The summed E-state index contributed by atoms with van der Waals surface area (Å²) in [5.74, 6) is 0. The summed E-state index contributed by atoms with van der Waals surface area (Å²) < 4.78 is 0. The van der Waals surface area contributed by atoms with Crippen LogP contribution in [0.3, 0.4) is 0 Å². The predicted molar refractivity (Wildman–Crippen MR) is 65.5 cm³/mol. The highest BCUT2D eigenvalue weighted by Crippen LogP contribution is 2.28. The molecule has 78 valence electrons. The molecule has 1 nitrogen and oxygen atoms in total. The van der Waals surface area contributed by atoms with Crippen LogP contribution in [-0.4, -0.2) is 4.98 Å². The van der Waals surface area contributed by atoms with E-state index in [0.29, 0.717) is 0 Å². The minimum atomic E-state index is 0.154. The lowest BCUT2D eigenvalue weighted by Gasteiger charge is -2.19. The van der Waals surface area contributed by atoms with Gasteiger partial charge >= 0.3 is 0 Å². The first kappa shape index (κ1) is 10.4. The van der Waals surface area contributed by atoms with Crippen LogP contribution in [0.1, 0.15) is 26.3 Å². The smallest absolute Gasteiger partial charge is 0.0667 e. The summed E-state index contributed by atoms with van der Waals surface area (Å²) in [5, 5.41) is 2.90. The number of aromatic nitrogens is 1. The van der Waals surface area contributed by atoms with Gasteiger partial charge in [0.05, 0.1) is 5.02 Å². The van der Waals surface area contributed by atoms with E-state index < -0.39 is 0 Å². The Bertz CT molecular complexity index is 497. The van der Waals surface area contributed by atoms with E-state index in [1.807, 2.05) is 6.20 Å². The molecule has 1 heterocycles. The molecular formula is C13H14ClN. The number of hydrogen-bond acceptors (Lipinski definition) is 1. The normalized spacial score (nSPS) is 12.0. The fourth-order valence-corrected chi connectivity index (χ4v) is 1.81. The lowest BCUT2D eigenvalue weighted by Crippen LogP contribution is -2.10. The summed E-state index contributed by atoms with van der Waals surface area (Å²) in [6.45, 7) is 6.59. The average molecular weight is 220 g/mol. The largest absolute Gasteiger partial charge is 0.263 e. The number of benzene rings is 1. The van der Waals surface area contributed by atoms with E-state index in [1.54, 1.807) is 6.20 Å². The van der Waals surface area contributed by atoms with Gasteiger partial charge in [-0.25, -0.2) is 0 Å². The van der Waals surface area contributed by atoms with Crippen LogP contribution < -0.4 is 0 Å². The number of pyridine rings is 1. The molecule has 0 amide bonds. The van der Waals surface area contributed by atoms with E-state index in [4.69, 9.17) is 11.6 Å². The zero-order chi connectivity index (χ0) is 11.1. The van der Waals surface area contributed by atoms with Crippen molar-refractivity contribution in [2.75, 3.05) is 0 Å². The summed E-state index contributed by atoms with van der Waals surface area (Å²) in [5.41, 5.74) is 1.45. The molecule has 2 aromatic rings. The fourth-order valence-electron chi connectivity index (χ4n) is 1.59. The van der Waals surface area contributed by atoms with Gasteiger partial charge in [0.2, 0.25) is 0 Å². The number of nitrogens with zero attached hydrogens (tertiary/aromatic N) is 1. The molecule has 2 rings (SSSR count). The second kappa shape index (κ2) is 3.49. The second-order valence-electron chi connectivity index (χ2n) is 4.81. The standard InChI is InChI=1S/C13H14ClN/c1-13(2,3)10-5-4-9-7-15-8-12(14)11(9)6-10/h4-8H,1-3H3. The van der Waals surface area contributed by atoms with Gasteiger partial charge in [-0.3, -0.25) is 4.98 Å². The molecule has 0 atom stereocenters. The molecule has 0 bridgehead atoms. The van der Waals surface area contributed by atoms with Gasteiger partial charge in [-0.1, -0.05) is 44.5 Å². The maximum Gasteiger partial charge on any atom is 0.0667 e. The summed E-state index contributed by atoms with van der Waals surface area (Å²) >= 11 is 6.12. The van der Waals surface area contributed by atoms with Crippen LogP contribution in [-0.2, 0) is 5.41 Å². The Morgan fingerprint density at radius 2 is 1.87 bits per heavy atom. The van der Waals surface area contributed by atoms with E-state index in [0.717, 1.165) is 15.8 Å². The molecule has 0 radical (unpaired) electrons. The Morgan fingerprint density at radius 3 is 2.53 bits per heavy atom. The van der Waals surface area contributed by atoms with Crippen LogP contribution >= 0.6 is 11.6 Å². The Kier molecular flexibility index (Phi) is 2.43. The molecule has 0 saturated carbocycles. The molecule has 1 aromatic heterocycles. The average Bonchev–Trinajstić information content (AvgIpc) is 2.16. The third-order valence-electron chi connectivity index (χ3n) is 2.58. The zero-order valence-electron chi connectivity index (χ0n) is 9.21. The Hall–Kier alpha value is -1.08. The molecule has 2 heteroatoms. The Labute approximate surface area is 95.1 Å². The Balaban J connectivity index is 2.70. The van der Waals surface area contributed by atoms with Gasteiger partial charge in [-0.15, -0.1) is 0 Å². The lowest BCUT2D eigenvalue weighted by atomic mass is 9.86. The minimum Gasteiger partial charge on any atom is -0.263 e. The van der Waals surface area contributed by atoms with Crippen molar-refractivity contribution in [3.63, 3.8) is 0 Å². The number of hydrogen-bond donors (Lipinski definition) is 0. The van der Waals surface area contributed by atoms with Gasteiger partial charge in [-0.2, -0.15) is 0 Å². The molecule has 0 aliphatic carbocycles. The number of fused-ring (bicyclic) bond motifs is 1. The third-order valence-corrected chi connectivity index (χ3v) is 2.88. The molecule has 15 heavy (non-hydrogen) atoms. The summed E-state index contributed by atoms with van der Waals surface area (Å²) in [6, 6.07) is 6.37. The molecule has 0 saturated heterocycles. The fraction of sp³-hybridized carbons (Fsp3) is 0.308. The van der Waals surface area contributed by atoms with Gasteiger partial charge in [0.25, 0.3) is 0 Å². The van der Waals surface area contributed by atoms with Crippen molar-refractivity contribution in [2.24, 2.45) is 0 Å². The van der Waals surface area contributed by atoms with Crippen molar-refractivity contribution in [1.29, 1.82) is 0 Å². The van der Waals surface area contributed by atoms with Crippen LogP contribution in [0.2, 0.25) is 5.02 Å². The highest BCUT2D eigenvalue weighted by Gasteiger charge is 2.14. The summed E-state index contributed by atoms with van der Waals surface area (Å²) in [6.07, 6.45) is 3.53. The van der Waals surface area contributed by atoms with Crippen LogP contribution in [0.4, 0.5) is 0 Å². The summed E-state index contributed by atoms with van der Waals surface area (Å²) in [7, 11) is 0. The predicted octanol–water partition coefficient (Wildman–Crippen LogP) is 4.19. The molecule has 0 fully saturated rings. The molecule has 0 spiro atoms. The van der Waals surface area contributed by atoms with Gasteiger partial charge in [0.15, 0.2) is 0 Å². The first-order valence-corrected chi connectivity index (χ1v) is 5.40. The van der Waals surface area contributed by atoms with Gasteiger partial charge < -0.3 is 0 Å². The number of rotatable bonds is 0. The summed E-state index contributed by atoms with van der Waals surface area (Å²) in [4.78, 5) is 4.07. The van der Waals surface area contributed by atoms with Crippen LogP contribution in [0.15, 0.2) is 30.6 Å². The molecule has 0 aliphatic heterocycles. The van der Waals surface area contributed by atoms with E-state index in [2.05, 4.69) is 44.0 Å². The van der Waals surface area contributed by atoms with Crippen molar-refractivity contribution < 1.29 is 0 Å². The van der Waals surface area contributed by atoms with Gasteiger partial charge in [0.1, 0.15) is 0 Å². The van der Waals surface area contributed by atoms with Crippen LogP contribution in [0.5, 0.6) is 0 Å². The first-order valence-electron chi connectivity index (χ1n) is 5.02. The van der Waals surface area contributed by atoms with Crippen LogP contribution in [0.25, 0.3) is 10.8 Å². The topological polar surface area (TPSA) is 12.9 Å². The quantitative estimate of drug-likeness (QED) is 0.648. The van der Waals surface area contributed by atoms with E-state index in [1.165, 1.54) is 5.56 Å². The maximum absolute atomic E-state index is 6.12. The SMILES string of the molecule is CC(C)(C)c1ccc2cncc(Cl)c2c1. The van der Waals surface area contributed by atoms with Crippen molar-refractivity contribution >= 4 is 22.4 Å². The van der Waals surface area contributed by atoms with Crippen molar-refractivity contribution in [1.82, 2.24) is 4.98 Å². The van der Waals surface area contributed by atoms with E-state index in [9.17, 15) is 0 Å². The zero-order valence-corrected chi connectivity index (χ0v) is 9.97. The molecular weight excluding hydrogens is 206 g/mol. The second-order valence-corrected chi connectivity index (χ2v) is 5.21. The first-order chi connectivity index (χ1) is 6.98. The van der Waals surface area contributed by atoms with Gasteiger partial charge in [0, 0.05) is 23.2 Å².